The molecule has 0 spiro atoms. The number of alkyl halides is 3. The second-order valence-corrected chi connectivity index (χ2v) is 36.0. The second kappa shape index (κ2) is 67.0. The van der Waals surface area contributed by atoms with E-state index in [4.69, 9.17) is 56.4 Å². The summed E-state index contributed by atoms with van der Waals surface area (Å²) < 4.78 is 121. The Kier molecular flexibility index (Phi) is 57.1. The number of halogens is 12. The first-order chi connectivity index (χ1) is 70.1. The van der Waals surface area contributed by atoms with Crippen LogP contribution in [0.2, 0.25) is 15.1 Å². The molecule has 37 heteroatoms. The van der Waals surface area contributed by atoms with E-state index < -0.39 is 76.8 Å². The molecule has 0 aliphatic carbocycles. The van der Waals surface area contributed by atoms with E-state index in [0.717, 1.165) is 100.0 Å². The van der Waals surface area contributed by atoms with Crippen molar-refractivity contribution in [3.63, 3.8) is 0 Å². The van der Waals surface area contributed by atoms with Crippen LogP contribution in [-0.2, 0) is 6.54 Å². The zero-order chi connectivity index (χ0) is 110. The third-order valence-corrected chi connectivity index (χ3v) is 22.5. The Morgan fingerprint density at radius 1 is 0.378 bits per heavy atom. The van der Waals surface area contributed by atoms with Crippen LogP contribution in [0.15, 0.2) is 216 Å². The number of carbonyl (C=O) groups excluding carboxylic acids is 10. The number of unbranched alkanes of at least 4 members (excludes halogenated alkanes) is 1. The van der Waals surface area contributed by atoms with Crippen molar-refractivity contribution in [3.8, 4) is 0 Å². The van der Waals surface area contributed by atoms with Crippen LogP contribution in [0.1, 0.15) is 243 Å². The molecule has 10 aromatic carbocycles. The minimum absolute atomic E-state index is 0.0285. The topological polar surface area (TPSA) is 374 Å². The van der Waals surface area contributed by atoms with Crippen molar-refractivity contribution in [3.05, 3.63) is 385 Å². The van der Waals surface area contributed by atoms with Gasteiger partial charge in [-0.15, -0.1) is 11.3 Å². The molecular formula is C111H129Cl3F9N13O11S. The van der Waals surface area contributed by atoms with E-state index in [1.54, 1.807) is 149 Å². The van der Waals surface area contributed by atoms with Crippen molar-refractivity contribution >= 4 is 110 Å². The van der Waals surface area contributed by atoms with Crippen LogP contribution in [0, 0.1) is 111 Å². The van der Waals surface area contributed by atoms with Crippen molar-refractivity contribution in [2.24, 2.45) is 17.2 Å². The Morgan fingerprint density at radius 3 is 1.03 bits per heavy atom. The lowest BCUT2D eigenvalue weighted by Gasteiger charge is -2.26. The summed E-state index contributed by atoms with van der Waals surface area (Å²) in [6, 6.07) is 51.6. The Labute approximate surface area is 877 Å². The first-order valence-corrected chi connectivity index (χ1v) is 49.3. The molecule has 10 amide bonds. The number of hydrogen-bond donors (Lipinski definition) is 11. The van der Waals surface area contributed by atoms with Gasteiger partial charge in [0.05, 0.1) is 77.9 Å². The first kappa shape index (κ1) is 126. The van der Waals surface area contributed by atoms with E-state index in [1.807, 2.05) is 86.6 Å². The molecule has 24 nitrogen and oxygen atoms in total. The molecule has 3 heterocycles. The normalized spacial score (nSPS) is 10.9. The molecule has 0 saturated carbocycles. The highest BCUT2D eigenvalue weighted by Crippen LogP contribution is 2.24. The van der Waals surface area contributed by atoms with Gasteiger partial charge in [0, 0.05) is 49.9 Å². The number of anilines is 1. The summed E-state index contributed by atoms with van der Waals surface area (Å²) in [5.74, 6) is -6.73. The molecule has 12 aromatic rings. The quantitative estimate of drug-likeness (QED) is 0.0168. The standard InChI is InChI=1S/C16H23FN2O.C13H12FNO2.C12H16FNO.C11H14ClNO.C11H9FN2OS.C11H15FN2O.C10H12ClNO.C10H9F4NO.C9H11NO.C8H8ClNO/c1-13-6-7-14(15(17)12-13)16(20)18-8-5-11-19-9-3-2-4-10-19;1-9-4-5-11(12(14)7-9)13(16)15-8-10-3-2-6-17-10;1-3-4-7-14-12(15)10-6-5-9(2)8-11(10)13;1-3-6-13-11(14)9-5-4-8(2)7-10(9)12;1-7-2-3-8(9(12)6-7)10(15)14-11-13-4-5-16-11;1-8-3-4-9(10(12)7-8)11(15)14-6-2-5-13;1-3-12-10(13)8-5-4-7(2)6-9(8)11;1-6-2-3-7(8(11)4-6)9(16)15-5-10(12,13)14;1-6-3-4-8(9(10)11)7(2)5-6;1-5-2-3-6(8(10)11)7(9)4-5/h6-7,12H,2-5,8-11H2,1H3,(H,18,20);2-7H,8H2,1H3,(H,15,16);5-6,8H,3-4,7H2,1-2H3,(H,14,15);4-5,7H,3,6H2,1-2H3,(H,13,14);2-6H,1H3,(H,13,14,15);3-4,7H,2,5-6,13H2,1H3,(H,14,15);4-6H,3H2,1-2H3,(H,12,13);2-4H,5H2,1H3,(H,15,16);3-5H,1-2H3,(H2,10,11);2-4H,1H3,(H2,10,11). The van der Waals surface area contributed by atoms with Gasteiger partial charge >= 0.3 is 6.18 Å². The number of thiazole rings is 1. The number of nitrogens with zero attached hydrogens (tertiary/aromatic N) is 2. The van der Waals surface area contributed by atoms with Crippen molar-refractivity contribution in [2.45, 2.75) is 161 Å². The number of nitrogens with one attached hydrogen (secondary N) is 8. The van der Waals surface area contributed by atoms with E-state index in [2.05, 4.69) is 47.1 Å². The van der Waals surface area contributed by atoms with Gasteiger partial charge in [0.25, 0.3) is 47.3 Å². The maximum absolute atomic E-state index is 13.6. The maximum Gasteiger partial charge on any atom is 0.405 e. The SMILES string of the molecule is CCCCNC(=O)c1ccc(C)cc1F.CCCNC(=O)c1ccc(C)cc1Cl.CCNC(=O)c1ccc(C)cc1Cl.Cc1ccc(C(=O)NCC(F)(F)F)c(F)c1.Cc1ccc(C(=O)NCCCN)c(F)c1.Cc1ccc(C(=O)NCCCN2CCCCC2)c(F)c1.Cc1ccc(C(=O)NCc2ccco2)c(F)c1.Cc1ccc(C(=O)Nc2nccs2)c(F)c1.Cc1ccc(C(N)=O)c(C)c1.Cc1ccc(C(N)=O)c(Cl)c1. The average Bonchev–Trinajstić information content (AvgIpc) is 1.22. The van der Waals surface area contributed by atoms with E-state index in [-0.39, 0.29) is 69.8 Å². The first-order valence-electron chi connectivity index (χ1n) is 47.3. The molecule has 2 aromatic heterocycles. The fourth-order valence-electron chi connectivity index (χ4n) is 13.0. The number of hydrogen-bond acceptors (Lipinski definition) is 15. The molecule has 0 atom stereocenters. The molecule has 1 fully saturated rings. The monoisotopic (exact) mass is 2130 g/mol. The van der Waals surface area contributed by atoms with Crippen molar-refractivity contribution < 1.29 is 91.9 Å². The zero-order valence-electron chi connectivity index (χ0n) is 85.2. The zero-order valence-corrected chi connectivity index (χ0v) is 88.3. The molecule has 0 unspecified atom stereocenters. The van der Waals surface area contributed by atoms with Gasteiger partial charge in [-0.25, -0.2) is 31.3 Å². The lowest BCUT2D eigenvalue weighted by atomic mass is 10.1. The number of aryl methyl sites for hydroxylation is 11. The number of nitrogens with two attached hydrogens (primary N) is 3. The number of amides is 10. The third kappa shape index (κ3) is 48.1. The largest absolute Gasteiger partial charge is 0.467 e. The molecule has 794 valence electrons. The lowest BCUT2D eigenvalue weighted by molar-refractivity contribution is -0.123. The van der Waals surface area contributed by atoms with Crippen LogP contribution < -0.4 is 59.7 Å². The number of primary amides is 2. The predicted molar refractivity (Wildman–Crippen MR) is 568 cm³/mol. The van der Waals surface area contributed by atoms with Crippen molar-refractivity contribution in [1.82, 2.24) is 47.1 Å². The van der Waals surface area contributed by atoms with Gasteiger partial charge in [-0.2, -0.15) is 13.2 Å². The summed E-state index contributed by atoms with van der Waals surface area (Å²) in [5.41, 5.74) is 27.3. The van der Waals surface area contributed by atoms with Crippen molar-refractivity contribution in [2.75, 3.05) is 70.8 Å². The fraction of sp³-hybridized carbons (Fsp3) is 0.306. The Balaban J connectivity index is 0.000000344. The number of piperidine rings is 1. The van der Waals surface area contributed by atoms with Gasteiger partial charge < -0.3 is 63.7 Å². The van der Waals surface area contributed by atoms with E-state index >= 15 is 0 Å². The van der Waals surface area contributed by atoms with Crippen LogP contribution >= 0.6 is 46.1 Å². The fourth-order valence-corrected chi connectivity index (χ4v) is 14.5. The molecule has 148 heavy (non-hydrogen) atoms. The molecule has 0 bridgehead atoms. The van der Waals surface area contributed by atoms with Crippen LogP contribution in [0.4, 0.5) is 44.6 Å². The van der Waals surface area contributed by atoms with E-state index in [1.165, 1.54) is 111 Å². The minimum atomic E-state index is -4.50. The van der Waals surface area contributed by atoms with Gasteiger partial charge in [-0.3, -0.25) is 53.3 Å². The number of benzene rings is 10. The smallest absolute Gasteiger partial charge is 0.405 e. The predicted octanol–water partition coefficient (Wildman–Crippen LogP) is 22.9. The minimum Gasteiger partial charge on any atom is -0.467 e. The highest BCUT2D eigenvalue weighted by molar-refractivity contribution is 7.13. The summed E-state index contributed by atoms with van der Waals surface area (Å²) in [6.45, 7) is 31.7. The van der Waals surface area contributed by atoms with Crippen LogP contribution in [-0.4, -0.2) is 141 Å². The van der Waals surface area contributed by atoms with Crippen LogP contribution in [0.5, 0.6) is 0 Å². The van der Waals surface area contributed by atoms with Crippen molar-refractivity contribution in [1.29, 1.82) is 0 Å². The molecule has 1 aliphatic heterocycles. The van der Waals surface area contributed by atoms with Crippen LogP contribution in [0.25, 0.3) is 0 Å². The summed E-state index contributed by atoms with van der Waals surface area (Å²) in [5, 5.41) is 23.9. The third-order valence-electron chi connectivity index (χ3n) is 20.8. The van der Waals surface area contributed by atoms with E-state index in [0.29, 0.717) is 99.5 Å². The van der Waals surface area contributed by atoms with E-state index in [9.17, 15) is 87.5 Å². The molecular weight excluding hydrogens is 2000 g/mol. The van der Waals surface area contributed by atoms with Gasteiger partial charge in [0.1, 0.15) is 47.2 Å². The number of carbonyl (C=O) groups is 10. The molecule has 1 saturated heterocycles. The summed E-state index contributed by atoms with van der Waals surface area (Å²) in [7, 11) is 0. The van der Waals surface area contributed by atoms with Gasteiger partial charge in [0.15, 0.2) is 5.13 Å². The number of rotatable bonds is 27. The summed E-state index contributed by atoms with van der Waals surface area (Å²) >= 11 is 18.9. The highest BCUT2D eigenvalue weighted by Gasteiger charge is 2.29. The molecule has 14 N–H and O–H groups in total. The summed E-state index contributed by atoms with van der Waals surface area (Å²) in [4.78, 5) is 120. The number of furan rings is 1. The lowest BCUT2D eigenvalue weighted by Crippen LogP contribution is -2.34. The maximum atomic E-state index is 13.6. The van der Waals surface area contributed by atoms with Crippen LogP contribution in [0.3, 0.4) is 0 Å². The number of aromatic nitrogens is 1. The molecule has 13 rings (SSSR count). The number of likely N-dealkylation sites (tertiary alicyclic amines) is 1. The Morgan fingerprint density at radius 2 is 0.703 bits per heavy atom. The van der Waals surface area contributed by atoms with Gasteiger partial charge in [0.2, 0.25) is 11.8 Å². The van der Waals surface area contributed by atoms with Gasteiger partial charge in [-0.1, -0.05) is 134 Å². The second-order valence-electron chi connectivity index (χ2n) is 33.9. The Hall–Kier alpha value is -14.0. The molecule has 0 radical (unpaired) electrons. The molecule has 1 aliphatic rings. The highest BCUT2D eigenvalue weighted by atomic mass is 35.5. The Bertz CT molecular complexity index is 6200. The average molecular weight is 2130 g/mol. The summed E-state index contributed by atoms with van der Waals surface area (Å²) in [6.07, 6.45) is 6.95. The van der Waals surface area contributed by atoms with Gasteiger partial charge in [-0.05, 0) is 331 Å².